The smallest absolute Gasteiger partial charge is 0.241 e. The van der Waals surface area contributed by atoms with Crippen LogP contribution in [0.3, 0.4) is 0 Å². The Bertz CT molecular complexity index is 1490. The Morgan fingerprint density at radius 2 is 1.02 bits per heavy atom. The molecule has 0 fully saturated rings. The van der Waals surface area contributed by atoms with Gasteiger partial charge >= 0.3 is 0 Å². The minimum Gasteiger partial charge on any atom is -0.340 e. The van der Waals surface area contributed by atoms with E-state index in [9.17, 15) is 0 Å². The molecule has 2 nitrogen and oxygen atoms in total. The molecular weight excluding hydrogens is 535 g/mol. The van der Waals surface area contributed by atoms with Gasteiger partial charge in [-0.3, -0.25) is 0 Å². The third-order valence-corrected chi connectivity index (χ3v) is 13.0. The van der Waals surface area contributed by atoms with Crippen molar-refractivity contribution in [2.45, 2.75) is 25.6 Å². The van der Waals surface area contributed by atoms with Crippen molar-refractivity contribution < 1.29 is 0 Å². The van der Waals surface area contributed by atoms with Crippen LogP contribution in [0.15, 0.2) is 183 Å². The number of hydrogen-bond donors (Lipinski definition) is 0. The van der Waals surface area contributed by atoms with Crippen molar-refractivity contribution in [2.24, 2.45) is 0 Å². The van der Waals surface area contributed by atoms with E-state index in [1.165, 1.54) is 32.8 Å². The number of nitrogens with zero attached hydrogens (tertiary/aromatic N) is 2. The van der Waals surface area contributed by atoms with E-state index in [-0.39, 0.29) is 0 Å². The van der Waals surface area contributed by atoms with Crippen molar-refractivity contribution in [1.29, 1.82) is 0 Å². The van der Waals surface area contributed by atoms with Crippen molar-refractivity contribution >= 4 is 41.5 Å². The molecule has 43 heavy (non-hydrogen) atoms. The number of imidazole rings is 1. The topological polar surface area (TPSA) is 17.8 Å². The zero-order valence-corrected chi connectivity index (χ0v) is 25.9. The number of aromatic nitrogens is 2. The Balaban J connectivity index is 0.000000176. The molecule has 0 spiro atoms. The molecule has 0 unspecified atom stereocenters. The van der Waals surface area contributed by atoms with Gasteiger partial charge in [0.2, 0.25) is 6.71 Å². The van der Waals surface area contributed by atoms with E-state index >= 15 is 0 Å². The molecular formula is C39H39BN2Si. The summed E-state index contributed by atoms with van der Waals surface area (Å²) in [6.07, 6.45) is 12.5. The third-order valence-electron chi connectivity index (χ3n) is 8.04. The fourth-order valence-electron chi connectivity index (χ4n) is 5.93. The second-order valence-corrected chi connectivity index (χ2v) is 15.0. The lowest BCUT2D eigenvalue weighted by Crippen LogP contribution is -2.61. The highest BCUT2D eigenvalue weighted by atomic mass is 28.3. The summed E-state index contributed by atoms with van der Waals surface area (Å²) in [4.78, 5) is 4.26. The zero-order chi connectivity index (χ0) is 29.6. The first kappa shape index (κ1) is 29.8. The second kappa shape index (κ2) is 15.5. The first-order chi connectivity index (χ1) is 21.3. The van der Waals surface area contributed by atoms with E-state index in [2.05, 4.69) is 186 Å². The van der Waals surface area contributed by atoms with Crippen molar-refractivity contribution in [1.82, 2.24) is 9.55 Å². The van der Waals surface area contributed by atoms with Gasteiger partial charge in [0.25, 0.3) is 0 Å². The molecule has 5 aromatic carbocycles. The lowest BCUT2D eigenvalue weighted by Gasteiger charge is -2.33. The normalized spacial score (nSPS) is 11.1. The fourth-order valence-corrected chi connectivity index (χ4v) is 10.5. The molecule has 0 atom stereocenters. The Labute approximate surface area is 258 Å². The predicted octanol–water partition coefficient (Wildman–Crippen LogP) is 5.85. The highest BCUT2D eigenvalue weighted by Gasteiger charge is 2.36. The third kappa shape index (κ3) is 7.79. The molecule has 6 rings (SSSR count). The highest BCUT2D eigenvalue weighted by Crippen LogP contribution is 2.17. The first-order valence-electron chi connectivity index (χ1n) is 15.1. The van der Waals surface area contributed by atoms with E-state index in [0.717, 1.165) is 12.6 Å². The SMILES string of the molecule is CC=CCC[Si](Cn1ccnc1)(c1ccccc1)c1ccccc1.c1ccc(B(c2ccccc2)c2ccccc2)cc1. The van der Waals surface area contributed by atoms with Crippen molar-refractivity contribution in [3.05, 3.63) is 183 Å². The van der Waals surface area contributed by atoms with E-state index in [1.54, 1.807) is 0 Å². The largest absolute Gasteiger partial charge is 0.340 e. The first-order valence-corrected chi connectivity index (χ1v) is 17.5. The molecule has 1 aromatic heterocycles. The minimum absolute atomic E-state index is 0.309. The van der Waals surface area contributed by atoms with Gasteiger partial charge in [0.1, 0.15) is 8.07 Å². The maximum Gasteiger partial charge on any atom is 0.241 e. The maximum atomic E-state index is 4.26. The van der Waals surface area contributed by atoms with Gasteiger partial charge in [0, 0.05) is 18.6 Å². The lowest BCUT2D eigenvalue weighted by molar-refractivity contribution is 0.848. The van der Waals surface area contributed by atoms with Crippen LogP contribution in [0, 0.1) is 0 Å². The maximum absolute atomic E-state index is 4.26. The Hall–Kier alpha value is -4.67. The van der Waals surface area contributed by atoms with Gasteiger partial charge < -0.3 is 4.57 Å². The molecule has 6 aromatic rings. The molecule has 1 heterocycles. The van der Waals surface area contributed by atoms with Gasteiger partial charge in [-0.2, -0.15) is 0 Å². The molecule has 0 radical (unpaired) electrons. The van der Waals surface area contributed by atoms with Crippen LogP contribution in [0.1, 0.15) is 13.3 Å². The van der Waals surface area contributed by atoms with Crippen molar-refractivity contribution in [3.8, 4) is 0 Å². The molecule has 0 aliphatic heterocycles. The van der Waals surface area contributed by atoms with Crippen LogP contribution in [-0.2, 0) is 6.17 Å². The Morgan fingerprint density at radius 1 is 0.605 bits per heavy atom. The summed E-state index contributed by atoms with van der Waals surface area (Å²) < 4.78 is 2.25. The van der Waals surface area contributed by atoms with Gasteiger partial charge in [-0.25, -0.2) is 4.98 Å². The van der Waals surface area contributed by atoms with Crippen LogP contribution >= 0.6 is 0 Å². The average molecular weight is 575 g/mol. The number of rotatable bonds is 10. The Kier molecular flexibility index (Phi) is 10.8. The summed E-state index contributed by atoms with van der Waals surface area (Å²) in [5, 5.41) is 2.99. The standard InChI is InChI=1S/C21H24N2Si.C18H15B/c1-2-3-10-17-24(19-23-16-15-22-18-23,20-11-6-4-7-12-20)21-13-8-5-9-14-21;1-4-10-16(11-5-1)19(17-12-6-2-7-13-17)18-14-8-3-9-15-18/h2-9,11-16,18H,10,17,19H2,1H3;1-15H. The number of allylic oxidation sites excluding steroid dienone is 2. The molecule has 0 saturated carbocycles. The minimum atomic E-state index is -1.92. The van der Waals surface area contributed by atoms with E-state index in [0.29, 0.717) is 6.71 Å². The van der Waals surface area contributed by atoms with Crippen LogP contribution < -0.4 is 26.8 Å². The molecule has 212 valence electrons. The molecule has 0 aliphatic rings. The van der Waals surface area contributed by atoms with Crippen LogP contribution in [0.4, 0.5) is 0 Å². The fraction of sp³-hybridized carbons (Fsp3) is 0.103. The molecule has 0 aliphatic carbocycles. The predicted molar refractivity (Wildman–Crippen MR) is 188 cm³/mol. The van der Waals surface area contributed by atoms with Crippen LogP contribution in [0.5, 0.6) is 0 Å². The van der Waals surface area contributed by atoms with Crippen molar-refractivity contribution in [3.63, 3.8) is 0 Å². The van der Waals surface area contributed by atoms with Crippen LogP contribution in [0.2, 0.25) is 6.04 Å². The highest BCUT2D eigenvalue weighted by molar-refractivity contribution is 7.01. The van der Waals surface area contributed by atoms with Crippen LogP contribution in [0.25, 0.3) is 0 Å². The average Bonchev–Trinajstić information content (AvgIpc) is 3.60. The van der Waals surface area contributed by atoms with Gasteiger partial charge in [0.15, 0.2) is 0 Å². The van der Waals surface area contributed by atoms with Gasteiger partial charge in [-0.1, -0.05) is 191 Å². The van der Waals surface area contributed by atoms with Crippen molar-refractivity contribution in [2.75, 3.05) is 0 Å². The number of benzene rings is 5. The summed E-state index contributed by atoms with van der Waals surface area (Å²) in [6.45, 7) is 2.41. The lowest BCUT2D eigenvalue weighted by atomic mass is 9.37. The monoisotopic (exact) mass is 574 g/mol. The molecule has 0 saturated heterocycles. The summed E-state index contributed by atoms with van der Waals surface area (Å²) in [5.41, 5.74) is 4.00. The number of hydrogen-bond acceptors (Lipinski definition) is 1. The molecule has 0 bridgehead atoms. The van der Waals surface area contributed by atoms with Gasteiger partial charge in [0.05, 0.1) is 6.33 Å². The van der Waals surface area contributed by atoms with E-state index in [1.807, 2.05) is 12.5 Å². The summed E-state index contributed by atoms with van der Waals surface area (Å²) in [5.74, 6) is 0. The van der Waals surface area contributed by atoms with Gasteiger partial charge in [-0.05, 0) is 19.4 Å². The summed E-state index contributed by atoms with van der Waals surface area (Å²) >= 11 is 0. The molecule has 4 heteroatoms. The van der Waals surface area contributed by atoms with E-state index in [4.69, 9.17) is 0 Å². The summed E-state index contributed by atoms with van der Waals surface area (Å²) in [7, 11) is -1.92. The quantitative estimate of drug-likeness (QED) is 0.148. The van der Waals surface area contributed by atoms with Gasteiger partial charge in [-0.15, -0.1) is 0 Å². The zero-order valence-electron chi connectivity index (χ0n) is 24.9. The van der Waals surface area contributed by atoms with Crippen LogP contribution in [-0.4, -0.2) is 24.3 Å². The summed E-state index contributed by atoms with van der Waals surface area (Å²) in [6, 6.07) is 55.4. The molecule has 0 amide bonds. The Morgan fingerprint density at radius 3 is 1.40 bits per heavy atom. The second-order valence-electron chi connectivity index (χ2n) is 10.8. The molecule has 0 N–H and O–H groups in total. The van der Waals surface area contributed by atoms with E-state index < -0.39 is 8.07 Å².